The molecule has 0 amide bonds. The molecule has 0 atom stereocenters. The van der Waals surface area contributed by atoms with Crippen LogP contribution in [0.5, 0.6) is 0 Å². The van der Waals surface area contributed by atoms with E-state index in [1.165, 1.54) is 12.1 Å². The predicted molar refractivity (Wildman–Crippen MR) is 80.2 cm³/mol. The highest BCUT2D eigenvalue weighted by molar-refractivity contribution is 5.57. The zero-order valence-electron chi connectivity index (χ0n) is 12.1. The number of halogens is 3. The standard InChI is InChI=1S/C15H17F3N4/c1-2-3-9-19-14-20-10-8-13(22-14)21-12-6-4-11(5-7-12)15(16,17)18/h4-8,10H,2-3,9H2,1H3,(H2,19,20,21,22). The van der Waals surface area contributed by atoms with Gasteiger partial charge in [-0.25, -0.2) is 4.98 Å². The van der Waals surface area contributed by atoms with E-state index < -0.39 is 11.7 Å². The highest BCUT2D eigenvalue weighted by Gasteiger charge is 2.29. The van der Waals surface area contributed by atoms with Gasteiger partial charge in [0, 0.05) is 18.4 Å². The van der Waals surface area contributed by atoms with E-state index in [9.17, 15) is 13.2 Å². The summed E-state index contributed by atoms with van der Waals surface area (Å²) in [5.41, 5.74) is -0.145. The Kier molecular flexibility index (Phi) is 5.19. The van der Waals surface area contributed by atoms with Gasteiger partial charge in [0.2, 0.25) is 5.95 Å². The number of anilines is 3. The summed E-state index contributed by atoms with van der Waals surface area (Å²) < 4.78 is 37.5. The van der Waals surface area contributed by atoms with E-state index in [2.05, 4.69) is 27.5 Å². The van der Waals surface area contributed by atoms with Gasteiger partial charge in [-0.3, -0.25) is 0 Å². The van der Waals surface area contributed by atoms with E-state index in [-0.39, 0.29) is 0 Å². The van der Waals surface area contributed by atoms with Crippen LogP contribution in [0.1, 0.15) is 25.3 Å². The average Bonchev–Trinajstić information content (AvgIpc) is 2.48. The van der Waals surface area contributed by atoms with Crippen molar-refractivity contribution in [2.24, 2.45) is 0 Å². The Morgan fingerprint density at radius 1 is 1.09 bits per heavy atom. The zero-order chi connectivity index (χ0) is 16.0. The summed E-state index contributed by atoms with van der Waals surface area (Å²) in [5.74, 6) is 1.01. The number of unbranched alkanes of at least 4 members (excludes halogenated alkanes) is 1. The second kappa shape index (κ2) is 7.11. The van der Waals surface area contributed by atoms with Gasteiger partial charge in [-0.1, -0.05) is 13.3 Å². The van der Waals surface area contributed by atoms with Crippen molar-refractivity contribution < 1.29 is 13.2 Å². The van der Waals surface area contributed by atoms with Crippen LogP contribution in [0.4, 0.5) is 30.6 Å². The third-order valence-corrected chi connectivity index (χ3v) is 2.95. The van der Waals surface area contributed by atoms with Gasteiger partial charge in [0.15, 0.2) is 0 Å². The van der Waals surface area contributed by atoms with E-state index in [1.54, 1.807) is 12.3 Å². The average molecular weight is 310 g/mol. The Morgan fingerprint density at radius 3 is 2.45 bits per heavy atom. The highest BCUT2D eigenvalue weighted by atomic mass is 19.4. The molecule has 0 radical (unpaired) electrons. The quantitative estimate of drug-likeness (QED) is 0.774. The van der Waals surface area contributed by atoms with Crippen molar-refractivity contribution in [3.05, 3.63) is 42.1 Å². The van der Waals surface area contributed by atoms with Crippen molar-refractivity contribution in [3.8, 4) is 0 Å². The van der Waals surface area contributed by atoms with Crippen LogP contribution in [-0.4, -0.2) is 16.5 Å². The number of hydrogen-bond donors (Lipinski definition) is 2. The van der Waals surface area contributed by atoms with Crippen molar-refractivity contribution in [1.29, 1.82) is 0 Å². The molecule has 118 valence electrons. The first-order valence-electron chi connectivity index (χ1n) is 7.00. The summed E-state index contributed by atoms with van der Waals surface area (Å²) in [4.78, 5) is 8.34. The molecule has 0 bridgehead atoms. The van der Waals surface area contributed by atoms with Crippen LogP contribution in [-0.2, 0) is 6.18 Å². The smallest absolute Gasteiger partial charge is 0.354 e. The van der Waals surface area contributed by atoms with Gasteiger partial charge in [0.05, 0.1) is 5.56 Å². The van der Waals surface area contributed by atoms with Crippen LogP contribution >= 0.6 is 0 Å². The molecule has 1 aromatic carbocycles. The first kappa shape index (κ1) is 16.1. The fourth-order valence-corrected chi connectivity index (χ4v) is 1.78. The molecular weight excluding hydrogens is 293 g/mol. The number of aromatic nitrogens is 2. The molecule has 2 rings (SSSR count). The van der Waals surface area contributed by atoms with Crippen molar-refractivity contribution in [2.75, 3.05) is 17.2 Å². The van der Waals surface area contributed by atoms with E-state index in [0.717, 1.165) is 31.5 Å². The number of nitrogens with one attached hydrogen (secondary N) is 2. The number of rotatable bonds is 6. The van der Waals surface area contributed by atoms with Gasteiger partial charge in [0.1, 0.15) is 5.82 Å². The SMILES string of the molecule is CCCCNc1nccc(Nc2ccc(C(F)(F)F)cc2)n1. The van der Waals surface area contributed by atoms with Crippen LogP contribution < -0.4 is 10.6 Å². The van der Waals surface area contributed by atoms with Crippen LogP contribution in [0, 0.1) is 0 Å². The van der Waals surface area contributed by atoms with Crippen LogP contribution in [0.15, 0.2) is 36.5 Å². The zero-order valence-corrected chi connectivity index (χ0v) is 12.1. The van der Waals surface area contributed by atoms with Gasteiger partial charge in [-0.15, -0.1) is 0 Å². The van der Waals surface area contributed by atoms with Gasteiger partial charge < -0.3 is 10.6 Å². The summed E-state index contributed by atoms with van der Waals surface area (Å²) in [6, 6.07) is 6.46. The second-order valence-corrected chi connectivity index (χ2v) is 4.75. The Bertz CT molecular complexity index is 596. The molecule has 1 aromatic heterocycles. The number of alkyl halides is 3. The molecule has 2 N–H and O–H groups in total. The molecule has 0 spiro atoms. The molecule has 2 aromatic rings. The Hall–Kier alpha value is -2.31. The van der Waals surface area contributed by atoms with Crippen molar-refractivity contribution >= 4 is 17.5 Å². The van der Waals surface area contributed by atoms with Crippen LogP contribution in [0.3, 0.4) is 0 Å². The molecule has 1 heterocycles. The van der Waals surface area contributed by atoms with E-state index >= 15 is 0 Å². The molecule has 0 saturated carbocycles. The highest BCUT2D eigenvalue weighted by Crippen LogP contribution is 2.30. The lowest BCUT2D eigenvalue weighted by molar-refractivity contribution is -0.137. The molecule has 0 aliphatic carbocycles. The van der Waals surface area contributed by atoms with E-state index in [1.807, 2.05) is 0 Å². The molecule has 7 heteroatoms. The lowest BCUT2D eigenvalue weighted by Gasteiger charge is -2.10. The number of benzene rings is 1. The van der Waals surface area contributed by atoms with Crippen LogP contribution in [0.25, 0.3) is 0 Å². The predicted octanol–water partition coefficient (Wildman–Crippen LogP) is 4.45. The third kappa shape index (κ3) is 4.61. The summed E-state index contributed by atoms with van der Waals surface area (Å²) in [6.45, 7) is 2.87. The minimum Gasteiger partial charge on any atom is -0.354 e. The molecule has 0 unspecified atom stereocenters. The van der Waals surface area contributed by atoms with Gasteiger partial charge in [-0.2, -0.15) is 18.2 Å². The molecule has 0 fully saturated rings. The lowest BCUT2D eigenvalue weighted by Crippen LogP contribution is -2.06. The topological polar surface area (TPSA) is 49.8 Å². The molecule has 22 heavy (non-hydrogen) atoms. The summed E-state index contributed by atoms with van der Waals surface area (Å²) in [5, 5.41) is 6.04. The Labute approximate surface area is 126 Å². The Balaban J connectivity index is 2.02. The number of hydrogen-bond acceptors (Lipinski definition) is 4. The summed E-state index contributed by atoms with van der Waals surface area (Å²) in [7, 11) is 0. The maximum absolute atomic E-state index is 12.5. The fourth-order valence-electron chi connectivity index (χ4n) is 1.78. The minimum absolute atomic E-state index is 0.491. The first-order valence-corrected chi connectivity index (χ1v) is 7.00. The van der Waals surface area contributed by atoms with Gasteiger partial charge in [-0.05, 0) is 36.8 Å². The summed E-state index contributed by atoms with van der Waals surface area (Å²) >= 11 is 0. The first-order chi connectivity index (χ1) is 10.5. The normalized spacial score (nSPS) is 11.3. The van der Waals surface area contributed by atoms with Crippen molar-refractivity contribution in [2.45, 2.75) is 25.9 Å². The molecular formula is C15H17F3N4. The third-order valence-electron chi connectivity index (χ3n) is 2.95. The monoisotopic (exact) mass is 310 g/mol. The number of nitrogens with zero attached hydrogens (tertiary/aromatic N) is 2. The Morgan fingerprint density at radius 2 is 1.82 bits per heavy atom. The summed E-state index contributed by atoms with van der Waals surface area (Å²) in [6.07, 6.45) is -0.659. The molecule has 0 aliphatic rings. The molecule has 0 saturated heterocycles. The minimum atomic E-state index is -4.33. The molecule has 0 aliphatic heterocycles. The molecule has 4 nitrogen and oxygen atoms in total. The fraction of sp³-hybridized carbons (Fsp3) is 0.333. The second-order valence-electron chi connectivity index (χ2n) is 4.75. The van der Waals surface area contributed by atoms with Gasteiger partial charge in [0.25, 0.3) is 0 Å². The van der Waals surface area contributed by atoms with Crippen molar-refractivity contribution in [3.63, 3.8) is 0 Å². The maximum atomic E-state index is 12.5. The lowest BCUT2D eigenvalue weighted by atomic mass is 10.2. The largest absolute Gasteiger partial charge is 0.416 e. The van der Waals surface area contributed by atoms with Crippen LogP contribution in [0.2, 0.25) is 0 Å². The van der Waals surface area contributed by atoms with Crippen molar-refractivity contribution in [1.82, 2.24) is 9.97 Å². The van der Waals surface area contributed by atoms with Gasteiger partial charge >= 0.3 is 6.18 Å². The van der Waals surface area contributed by atoms with E-state index in [4.69, 9.17) is 0 Å². The maximum Gasteiger partial charge on any atom is 0.416 e. The van der Waals surface area contributed by atoms with E-state index in [0.29, 0.717) is 17.5 Å².